The molecule has 0 bridgehead atoms. The number of benzene rings is 2. The Morgan fingerprint density at radius 2 is 1.90 bits per heavy atom. The van der Waals surface area contributed by atoms with Gasteiger partial charge in [0.2, 0.25) is 0 Å². The van der Waals surface area contributed by atoms with E-state index in [9.17, 15) is 9.59 Å². The molecule has 148 valence electrons. The fourth-order valence-corrected chi connectivity index (χ4v) is 3.47. The van der Waals surface area contributed by atoms with E-state index in [1.165, 1.54) is 0 Å². The molecule has 1 atom stereocenters. The quantitative estimate of drug-likeness (QED) is 0.644. The van der Waals surface area contributed by atoms with Crippen LogP contribution in [0.4, 0.5) is 11.4 Å². The van der Waals surface area contributed by atoms with Crippen LogP contribution in [-0.4, -0.2) is 24.5 Å². The van der Waals surface area contributed by atoms with Gasteiger partial charge in [0.25, 0.3) is 5.91 Å². The van der Waals surface area contributed by atoms with Gasteiger partial charge < -0.3 is 19.4 Å². The van der Waals surface area contributed by atoms with Crippen molar-refractivity contribution in [3.05, 3.63) is 83.8 Å². The summed E-state index contributed by atoms with van der Waals surface area (Å²) in [7, 11) is 0. The van der Waals surface area contributed by atoms with Crippen molar-refractivity contribution in [2.75, 3.05) is 16.8 Å². The van der Waals surface area contributed by atoms with Gasteiger partial charge in [0, 0.05) is 17.9 Å². The zero-order valence-corrected chi connectivity index (χ0v) is 16.1. The molecule has 6 nitrogen and oxygen atoms in total. The Kier molecular flexibility index (Phi) is 5.33. The molecule has 0 saturated heterocycles. The SMILES string of the molecule is CC(OC(=O)c1ccccc1NCc1ccco1)C(=O)N1CCc2ccccc21. The van der Waals surface area contributed by atoms with Crippen LogP contribution >= 0.6 is 0 Å². The Hall–Kier alpha value is -3.54. The average molecular weight is 390 g/mol. The molecule has 0 radical (unpaired) electrons. The van der Waals surface area contributed by atoms with Crippen molar-refractivity contribution in [2.24, 2.45) is 0 Å². The topological polar surface area (TPSA) is 71.8 Å². The minimum atomic E-state index is -0.883. The lowest BCUT2D eigenvalue weighted by Gasteiger charge is -2.22. The summed E-state index contributed by atoms with van der Waals surface area (Å²) in [5.74, 6) is -0.00498. The lowest BCUT2D eigenvalue weighted by atomic mass is 10.1. The zero-order chi connectivity index (χ0) is 20.2. The number of anilines is 2. The minimum Gasteiger partial charge on any atom is -0.467 e. The molecular weight excluding hydrogens is 368 g/mol. The van der Waals surface area contributed by atoms with E-state index in [0.29, 0.717) is 24.3 Å². The van der Waals surface area contributed by atoms with Crippen molar-refractivity contribution in [2.45, 2.75) is 26.0 Å². The molecule has 2 aromatic carbocycles. The fraction of sp³-hybridized carbons (Fsp3) is 0.217. The smallest absolute Gasteiger partial charge is 0.341 e. The van der Waals surface area contributed by atoms with Gasteiger partial charge in [0.1, 0.15) is 5.76 Å². The Morgan fingerprint density at radius 1 is 1.10 bits per heavy atom. The van der Waals surface area contributed by atoms with Gasteiger partial charge in [0.15, 0.2) is 6.10 Å². The van der Waals surface area contributed by atoms with Gasteiger partial charge in [-0.25, -0.2) is 4.79 Å². The molecule has 29 heavy (non-hydrogen) atoms. The van der Waals surface area contributed by atoms with Crippen LogP contribution in [0.5, 0.6) is 0 Å². The van der Waals surface area contributed by atoms with Gasteiger partial charge in [-0.3, -0.25) is 4.79 Å². The molecule has 1 unspecified atom stereocenters. The average Bonchev–Trinajstić information content (AvgIpc) is 3.41. The van der Waals surface area contributed by atoms with Crippen molar-refractivity contribution in [3.63, 3.8) is 0 Å². The van der Waals surface area contributed by atoms with Crippen LogP contribution < -0.4 is 10.2 Å². The van der Waals surface area contributed by atoms with Gasteiger partial charge in [0.05, 0.1) is 18.4 Å². The van der Waals surface area contributed by atoms with Crippen LogP contribution in [-0.2, 0) is 22.5 Å². The molecule has 1 amide bonds. The van der Waals surface area contributed by atoms with Gasteiger partial charge in [-0.2, -0.15) is 0 Å². The van der Waals surface area contributed by atoms with Crippen LogP contribution in [0, 0.1) is 0 Å². The number of ether oxygens (including phenoxy) is 1. The standard InChI is InChI=1S/C23H22N2O4/c1-16(22(26)25-13-12-17-7-2-5-11-21(17)25)29-23(27)19-9-3-4-10-20(19)24-15-18-8-6-14-28-18/h2-11,14,16,24H,12-13,15H2,1H3. The second-order valence-electron chi connectivity index (χ2n) is 6.89. The molecule has 1 aliphatic heterocycles. The lowest BCUT2D eigenvalue weighted by molar-refractivity contribution is -0.126. The van der Waals surface area contributed by atoms with Crippen LogP contribution in [0.25, 0.3) is 0 Å². The first kappa shape index (κ1) is 18.8. The first-order valence-electron chi connectivity index (χ1n) is 9.59. The molecule has 1 aliphatic rings. The highest BCUT2D eigenvalue weighted by Crippen LogP contribution is 2.28. The highest BCUT2D eigenvalue weighted by atomic mass is 16.5. The van der Waals surface area contributed by atoms with E-state index >= 15 is 0 Å². The fourth-order valence-electron chi connectivity index (χ4n) is 3.47. The molecular formula is C23H22N2O4. The second kappa shape index (κ2) is 8.22. The summed E-state index contributed by atoms with van der Waals surface area (Å²) in [6, 6.07) is 18.5. The molecule has 0 aliphatic carbocycles. The number of rotatable bonds is 6. The lowest BCUT2D eigenvalue weighted by Crippen LogP contribution is -2.39. The largest absolute Gasteiger partial charge is 0.467 e. The molecule has 1 aromatic heterocycles. The Morgan fingerprint density at radius 3 is 2.72 bits per heavy atom. The van der Waals surface area contributed by atoms with E-state index in [0.717, 1.165) is 23.4 Å². The number of hydrogen-bond acceptors (Lipinski definition) is 5. The number of carbonyl (C=O) groups excluding carboxylic acids is 2. The van der Waals surface area contributed by atoms with Crippen LogP contribution in [0.1, 0.15) is 28.6 Å². The van der Waals surface area contributed by atoms with E-state index < -0.39 is 12.1 Å². The summed E-state index contributed by atoms with van der Waals surface area (Å²) < 4.78 is 10.8. The monoisotopic (exact) mass is 390 g/mol. The van der Waals surface area contributed by atoms with Gasteiger partial charge in [-0.1, -0.05) is 30.3 Å². The number of amides is 1. The van der Waals surface area contributed by atoms with Crippen molar-refractivity contribution >= 4 is 23.3 Å². The predicted molar refractivity (Wildman–Crippen MR) is 110 cm³/mol. The van der Waals surface area contributed by atoms with Gasteiger partial charge in [-0.05, 0) is 49.2 Å². The third-order valence-electron chi connectivity index (χ3n) is 4.96. The van der Waals surface area contributed by atoms with Crippen molar-refractivity contribution in [1.29, 1.82) is 0 Å². The maximum absolute atomic E-state index is 12.9. The summed E-state index contributed by atoms with van der Waals surface area (Å²) in [6.45, 7) is 2.65. The Balaban J connectivity index is 1.43. The maximum atomic E-state index is 12.9. The summed E-state index contributed by atoms with van der Waals surface area (Å²) in [5, 5.41) is 3.18. The van der Waals surface area contributed by atoms with E-state index in [1.807, 2.05) is 36.4 Å². The molecule has 3 aromatic rings. The summed E-state index contributed by atoms with van der Waals surface area (Å²) in [5.41, 5.74) is 3.02. The summed E-state index contributed by atoms with van der Waals surface area (Å²) in [4.78, 5) is 27.3. The van der Waals surface area contributed by atoms with Crippen LogP contribution in [0.2, 0.25) is 0 Å². The normalized spacial score (nSPS) is 13.6. The number of nitrogens with zero attached hydrogens (tertiary/aromatic N) is 1. The number of para-hydroxylation sites is 2. The maximum Gasteiger partial charge on any atom is 0.341 e. The van der Waals surface area contributed by atoms with Crippen molar-refractivity contribution in [3.8, 4) is 0 Å². The van der Waals surface area contributed by atoms with E-state index in [-0.39, 0.29) is 5.91 Å². The summed E-state index contributed by atoms with van der Waals surface area (Å²) >= 11 is 0. The third-order valence-corrected chi connectivity index (χ3v) is 4.96. The molecule has 6 heteroatoms. The predicted octanol–water partition coefficient (Wildman–Crippen LogP) is 4.03. The van der Waals surface area contributed by atoms with Crippen LogP contribution in [0.15, 0.2) is 71.3 Å². The first-order valence-corrected chi connectivity index (χ1v) is 9.59. The zero-order valence-electron chi connectivity index (χ0n) is 16.1. The number of furan rings is 1. The van der Waals surface area contributed by atoms with E-state index in [1.54, 1.807) is 42.4 Å². The number of esters is 1. The molecule has 0 saturated carbocycles. The number of hydrogen-bond donors (Lipinski definition) is 1. The molecule has 0 spiro atoms. The first-order chi connectivity index (χ1) is 14.1. The van der Waals surface area contributed by atoms with Crippen molar-refractivity contribution in [1.82, 2.24) is 0 Å². The molecule has 2 heterocycles. The van der Waals surface area contributed by atoms with E-state index in [2.05, 4.69) is 5.32 Å². The highest BCUT2D eigenvalue weighted by molar-refractivity contribution is 6.01. The number of fused-ring (bicyclic) bond motifs is 1. The van der Waals surface area contributed by atoms with Gasteiger partial charge >= 0.3 is 5.97 Å². The Labute approximate surface area is 169 Å². The Bertz CT molecular complexity index is 1010. The summed E-state index contributed by atoms with van der Waals surface area (Å²) in [6.07, 6.45) is 1.52. The number of nitrogens with one attached hydrogen (secondary N) is 1. The minimum absolute atomic E-state index is 0.218. The molecule has 4 rings (SSSR count). The van der Waals surface area contributed by atoms with Gasteiger partial charge in [-0.15, -0.1) is 0 Å². The molecule has 1 N–H and O–H groups in total. The third kappa shape index (κ3) is 4.01. The van der Waals surface area contributed by atoms with Crippen LogP contribution in [0.3, 0.4) is 0 Å². The second-order valence-corrected chi connectivity index (χ2v) is 6.89. The number of carbonyl (C=O) groups is 2. The molecule has 0 fully saturated rings. The highest BCUT2D eigenvalue weighted by Gasteiger charge is 2.30. The van der Waals surface area contributed by atoms with E-state index in [4.69, 9.17) is 9.15 Å². The van der Waals surface area contributed by atoms with Crippen molar-refractivity contribution < 1.29 is 18.7 Å².